The summed E-state index contributed by atoms with van der Waals surface area (Å²) in [4.78, 5) is 23.2. The zero-order valence-corrected chi connectivity index (χ0v) is 13.6. The van der Waals surface area contributed by atoms with Gasteiger partial charge in [-0.2, -0.15) is 0 Å². The van der Waals surface area contributed by atoms with Crippen LogP contribution in [-0.2, 0) is 9.53 Å². The molecule has 4 atom stereocenters. The molecule has 0 bridgehead atoms. The molecule has 1 saturated carbocycles. The number of rotatable bonds is 7. The van der Waals surface area contributed by atoms with Crippen molar-refractivity contribution in [2.75, 3.05) is 6.61 Å². The number of aliphatic carboxylic acids is 1. The largest absolute Gasteiger partial charge is 0.480 e. The van der Waals surface area contributed by atoms with E-state index in [2.05, 4.69) is 10.6 Å². The first kappa shape index (κ1) is 17.8. The number of hydrogen-bond donors (Lipinski definition) is 3. The number of carbonyl (C=O) groups is 2. The number of nitrogens with one attached hydrogen (secondary N) is 2. The van der Waals surface area contributed by atoms with Crippen molar-refractivity contribution in [3.63, 3.8) is 0 Å². The average molecular weight is 300 g/mol. The summed E-state index contributed by atoms with van der Waals surface area (Å²) in [6.07, 6.45) is 1.59. The van der Waals surface area contributed by atoms with Gasteiger partial charge in [0.05, 0.1) is 6.10 Å². The van der Waals surface area contributed by atoms with Gasteiger partial charge in [0.2, 0.25) is 0 Å². The van der Waals surface area contributed by atoms with E-state index in [-0.39, 0.29) is 23.5 Å². The fourth-order valence-corrected chi connectivity index (χ4v) is 2.64. The smallest absolute Gasteiger partial charge is 0.326 e. The van der Waals surface area contributed by atoms with Crippen molar-refractivity contribution >= 4 is 12.0 Å². The molecule has 122 valence electrons. The first-order valence-electron chi connectivity index (χ1n) is 7.65. The van der Waals surface area contributed by atoms with Crippen molar-refractivity contribution in [1.82, 2.24) is 10.6 Å². The van der Waals surface area contributed by atoms with Gasteiger partial charge in [-0.05, 0) is 19.3 Å². The zero-order chi connectivity index (χ0) is 16.2. The zero-order valence-electron chi connectivity index (χ0n) is 13.6. The number of hydrogen-bond acceptors (Lipinski definition) is 3. The predicted octanol–water partition coefficient (Wildman–Crippen LogP) is 1.99. The number of urea groups is 1. The van der Waals surface area contributed by atoms with Crippen LogP contribution in [0, 0.1) is 11.3 Å². The number of ether oxygens (including phenoxy) is 1. The van der Waals surface area contributed by atoms with Crippen LogP contribution in [0.15, 0.2) is 0 Å². The third-order valence-electron chi connectivity index (χ3n) is 4.62. The van der Waals surface area contributed by atoms with E-state index in [9.17, 15) is 14.7 Å². The van der Waals surface area contributed by atoms with Gasteiger partial charge in [-0.1, -0.05) is 34.1 Å². The van der Waals surface area contributed by atoms with Gasteiger partial charge in [0.25, 0.3) is 0 Å². The third-order valence-corrected chi connectivity index (χ3v) is 4.62. The van der Waals surface area contributed by atoms with Gasteiger partial charge >= 0.3 is 12.0 Å². The molecule has 6 nitrogen and oxygen atoms in total. The third kappa shape index (κ3) is 4.09. The van der Waals surface area contributed by atoms with Crippen LogP contribution in [0.4, 0.5) is 4.79 Å². The Bertz CT molecular complexity index is 384. The summed E-state index contributed by atoms with van der Waals surface area (Å²) in [5.41, 5.74) is -0.136. The van der Waals surface area contributed by atoms with Gasteiger partial charge in [-0.25, -0.2) is 9.59 Å². The van der Waals surface area contributed by atoms with Gasteiger partial charge in [-0.3, -0.25) is 0 Å². The molecule has 3 N–H and O–H groups in total. The predicted molar refractivity (Wildman–Crippen MR) is 80.1 cm³/mol. The van der Waals surface area contributed by atoms with Gasteiger partial charge in [-0.15, -0.1) is 0 Å². The Morgan fingerprint density at radius 3 is 2.43 bits per heavy atom. The van der Waals surface area contributed by atoms with Crippen molar-refractivity contribution in [3.8, 4) is 0 Å². The van der Waals surface area contributed by atoms with E-state index in [4.69, 9.17) is 4.74 Å². The summed E-state index contributed by atoms with van der Waals surface area (Å²) in [6.45, 7) is 10.4. The molecule has 0 aromatic heterocycles. The highest BCUT2D eigenvalue weighted by Crippen LogP contribution is 2.42. The average Bonchev–Trinajstić information content (AvgIpc) is 2.42. The van der Waals surface area contributed by atoms with E-state index in [1.165, 1.54) is 0 Å². The van der Waals surface area contributed by atoms with Crippen molar-refractivity contribution < 1.29 is 19.4 Å². The van der Waals surface area contributed by atoms with Crippen molar-refractivity contribution in [2.24, 2.45) is 11.3 Å². The minimum Gasteiger partial charge on any atom is -0.480 e. The van der Waals surface area contributed by atoms with Crippen LogP contribution in [0.2, 0.25) is 0 Å². The minimum atomic E-state index is -1.00. The number of carboxylic acids is 1. The summed E-state index contributed by atoms with van der Waals surface area (Å²) in [5.74, 6) is -1.11. The standard InChI is InChI=1S/C15H28N2O4/c1-6-9(3)12(13(18)19)17-14(20)16-10-8-11(21-7-2)15(10,4)5/h9-12H,6-8H2,1-5H3,(H,18,19)(H2,16,17,20)/t9?,10?,11?,12-/m0/s1. The molecule has 2 amide bonds. The minimum absolute atomic E-state index is 0.000396. The molecule has 0 heterocycles. The number of carboxylic acid groups (broad SMARTS) is 1. The van der Waals surface area contributed by atoms with Crippen LogP contribution < -0.4 is 10.6 Å². The quantitative estimate of drug-likeness (QED) is 0.671. The lowest BCUT2D eigenvalue weighted by molar-refractivity contribution is -0.140. The summed E-state index contributed by atoms with van der Waals surface area (Å²) in [5, 5.41) is 14.6. The first-order valence-corrected chi connectivity index (χ1v) is 7.65. The maximum absolute atomic E-state index is 12.0. The molecule has 0 spiro atoms. The fraction of sp³-hybridized carbons (Fsp3) is 0.867. The summed E-state index contributed by atoms with van der Waals surface area (Å²) >= 11 is 0. The topological polar surface area (TPSA) is 87.7 Å². The first-order chi connectivity index (χ1) is 9.73. The van der Waals surface area contributed by atoms with Crippen LogP contribution in [0.3, 0.4) is 0 Å². The number of amides is 2. The summed E-state index contributed by atoms with van der Waals surface area (Å²) in [7, 11) is 0. The monoisotopic (exact) mass is 300 g/mol. The molecule has 0 aromatic rings. The number of carbonyl (C=O) groups excluding carboxylic acids is 1. The molecule has 0 radical (unpaired) electrons. The Kier molecular flexibility index (Phi) is 6.01. The lowest BCUT2D eigenvalue weighted by Crippen LogP contribution is -2.64. The van der Waals surface area contributed by atoms with Gasteiger partial charge in [0.1, 0.15) is 6.04 Å². The molecular weight excluding hydrogens is 272 g/mol. The fourth-order valence-electron chi connectivity index (χ4n) is 2.64. The lowest BCUT2D eigenvalue weighted by atomic mass is 9.64. The maximum atomic E-state index is 12.0. The maximum Gasteiger partial charge on any atom is 0.326 e. The highest BCUT2D eigenvalue weighted by molar-refractivity contribution is 5.83. The Balaban J connectivity index is 2.53. The van der Waals surface area contributed by atoms with Crippen LogP contribution >= 0.6 is 0 Å². The van der Waals surface area contributed by atoms with E-state index >= 15 is 0 Å². The van der Waals surface area contributed by atoms with Crippen molar-refractivity contribution in [3.05, 3.63) is 0 Å². The van der Waals surface area contributed by atoms with Gasteiger partial charge < -0.3 is 20.5 Å². The molecule has 1 fully saturated rings. The highest BCUT2D eigenvalue weighted by atomic mass is 16.5. The normalized spacial score (nSPS) is 26.3. The Morgan fingerprint density at radius 1 is 1.38 bits per heavy atom. The molecular formula is C15H28N2O4. The lowest BCUT2D eigenvalue weighted by Gasteiger charge is -2.51. The van der Waals surface area contributed by atoms with Gasteiger partial charge in [0, 0.05) is 18.1 Å². The second kappa shape index (κ2) is 7.11. The molecule has 21 heavy (non-hydrogen) atoms. The molecule has 1 aliphatic carbocycles. The molecule has 1 aliphatic rings. The molecule has 3 unspecified atom stereocenters. The van der Waals surface area contributed by atoms with Crippen LogP contribution in [0.5, 0.6) is 0 Å². The van der Waals surface area contributed by atoms with Gasteiger partial charge in [0.15, 0.2) is 0 Å². The second-order valence-electron chi connectivity index (χ2n) is 6.37. The van der Waals surface area contributed by atoms with Crippen LogP contribution in [0.25, 0.3) is 0 Å². The van der Waals surface area contributed by atoms with E-state index in [1.807, 2.05) is 34.6 Å². The van der Waals surface area contributed by atoms with Crippen molar-refractivity contribution in [2.45, 2.75) is 65.6 Å². The van der Waals surface area contributed by atoms with E-state index in [0.29, 0.717) is 13.0 Å². The second-order valence-corrected chi connectivity index (χ2v) is 6.37. The molecule has 1 rings (SSSR count). The molecule has 0 saturated heterocycles. The Morgan fingerprint density at radius 2 is 2.00 bits per heavy atom. The van der Waals surface area contributed by atoms with E-state index in [1.54, 1.807) is 0 Å². The van der Waals surface area contributed by atoms with Crippen LogP contribution in [0.1, 0.15) is 47.5 Å². The van der Waals surface area contributed by atoms with Crippen LogP contribution in [-0.4, -0.2) is 41.9 Å². The van der Waals surface area contributed by atoms with Crippen molar-refractivity contribution in [1.29, 1.82) is 0 Å². The summed E-state index contributed by atoms with van der Waals surface area (Å²) < 4.78 is 5.61. The highest BCUT2D eigenvalue weighted by Gasteiger charge is 2.49. The molecule has 0 aliphatic heterocycles. The Labute approximate surface area is 126 Å². The summed E-state index contributed by atoms with van der Waals surface area (Å²) in [6, 6.07) is -1.28. The molecule has 6 heteroatoms. The Hall–Kier alpha value is -1.30. The SMILES string of the molecule is CCOC1CC(NC(=O)N[C@H](C(=O)O)C(C)CC)C1(C)C. The molecule has 0 aromatic carbocycles. The van der Waals surface area contributed by atoms with E-state index in [0.717, 1.165) is 6.42 Å². The van der Waals surface area contributed by atoms with E-state index < -0.39 is 18.0 Å².